The fraction of sp³-hybridized carbons (Fsp3) is 0. The van der Waals surface area contributed by atoms with Crippen LogP contribution in [-0.4, -0.2) is 8.42 Å². The van der Waals surface area contributed by atoms with Gasteiger partial charge in [-0.05, 0) is 54.6 Å². The monoisotopic (exact) mass is 429 g/mol. The van der Waals surface area contributed by atoms with Gasteiger partial charge >= 0.3 is 0 Å². The van der Waals surface area contributed by atoms with Crippen molar-refractivity contribution in [3.63, 3.8) is 0 Å². The zero-order chi connectivity index (χ0) is 20.3. The third kappa shape index (κ3) is 2.51. The molecule has 6 rings (SSSR count). The molecule has 0 amide bonds. The summed E-state index contributed by atoms with van der Waals surface area (Å²) in [6, 6.07) is 28.4. The second-order valence-electron chi connectivity index (χ2n) is 7.06. The minimum Gasteiger partial charge on any atom is -0.453 e. The molecule has 146 valence electrons. The zero-order valence-electron chi connectivity index (χ0n) is 15.6. The summed E-state index contributed by atoms with van der Waals surface area (Å²) < 4.78 is 32.3. The van der Waals surface area contributed by atoms with Gasteiger partial charge in [-0.25, -0.2) is 8.42 Å². The van der Waals surface area contributed by atoms with E-state index >= 15 is 0 Å². The first-order chi connectivity index (χ1) is 14.6. The minimum atomic E-state index is -3.53. The second kappa shape index (κ2) is 6.39. The zero-order valence-corrected chi connectivity index (χ0v) is 17.3. The fourth-order valence-corrected chi connectivity index (χ4v) is 7.12. The van der Waals surface area contributed by atoms with Crippen molar-refractivity contribution in [2.24, 2.45) is 0 Å². The average molecular weight is 430 g/mol. The Morgan fingerprint density at radius 2 is 1.27 bits per heavy atom. The third-order valence-electron chi connectivity index (χ3n) is 5.27. The first-order valence-electron chi connectivity index (χ1n) is 9.45. The van der Waals surface area contributed by atoms with E-state index in [9.17, 15) is 8.42 Å². The molecule has 0 radical (unpaired) electrons. The number of anilines is 3. The Hall–Kier alpha value is -3.22. The van der Waals surface area contributed by atoms with Crippen molar-refractivity contribution in [2.75, 3.05) is 4.90 Å². The molecule has 2 aliphatic heterocycles. The van der Waals surface area contributed by atoms with Gasteiger partial charge in [-0.1, -0.05) is 48.2 Å². The molecule has 0 unspecified atom stereocenters. The van der Waals surface area contributed by atoms with Crippen LogP contribution in [0.5, 0.6) is 11.5 Å². The molecule has 0 bridgehead atoms. The van der Waals surface area contributed by atoms with Crippen molar-refractivity contribution >= 4 is 38.7 Å². The second-order valence-corrected chi connectivity index (χ2v) is 10.0. The van der Waals surface area contributed by atoms with Gasteiger partial charge in [-0.3, -0.25) is 0 Å². The lowest BCUT2D eigenvalue weighted by molar-refractivity contribution is 0.477. The Bertz CT molecular complexity index is 1380. The molecule has 0 spiro atoms. The lowest BCUT2D eigenvalue weighted by atomic mass is 10.1. The van der Waals surface area contributed by atoms with Crippen molar-refractivity contribution in [1.29, 1.82) is 0 Å². The van der Waals surface area contributed by atoms with E-state index < -0.39 is 9.84 Å². The van der Waals surface area contributed by atoms with E-state index in [2.05, 4.69) is 4.90 Å². The lowest BCUT2D eigenvalue weighted by Gasteiger charge is -2.33. The number of nitrogens with zero attached hydrogens (tertiary/aromatic N) is 1. The summed E-state index contributed by atoms with van der Waals surface area (Å²) >= 11 is 1.49. The largest absolute Gasteiger partial charge is 0.453 e. The van der Waals surface area contributed by atoms with E-state index in [0.717, 1.165) is 38.4 Å². The number of rotatable bonds is 1. The van der Waals surface area contributed by atoms with Crippen LogP contribution in [0.4, 0.5) is 17.1 Å². The first kappa shape index (κ1) is 17.6. The van der Waals surface area contributed by atoms with E-state index in [1.807, 2.05) is 72.8 Å². The normalized spacial score (nSPS) is 15.3. The van der Waals surface area contributed by atoms with E-state index in [1.165, 1.54) is 11.8 Å². The maximum atomic E-state index is 13.1. The van der Waals surface area contributed by atoms with E-state index in [4.69, 9.17) is 4.74 Å². The standard InChI is InChI=1S/C24H15NO3S2/c26-30(27)23-12-6-5-11-21(23)29-22-15-16(13-14-24(22)30)25-17-7-1-3-9-19(17)28-20-10-4-2-8-18(20)25/h1-15H. The van der Waals surface area contributed by atoms with Crippen LogP contribution in [0.25, 0.3) is 0 Å². The van der Waals surface area contributed by atoms with Gasteiger partial charge in [0, 0.05) is 15.5 Å². The molecule has 0 saturated carbocycles. The maximum absolute atomic E-state index is 13.1. The summed E-state index contributed by atoms with van der Waals surface area (Å²) in [4.78, 5) is 4.32. The van der Waals surface area contributed by atoms with Crippen LogP contribution in [-0.2, 0) is 9.84 Å². The summed E-state index contributed by atoms with van der Waals surface area (Å²) in [6.45, 7) is 0. The minimum absolute atomic E-state index is 0.352. The van der Waals surface area contributed by atoms with Crippen LogP contribution in [0.3, 0.4) is 0 Å². The fourth-order valence-electron chi connectivity index (χ4n) is 3.91. The van der Waals surface area contributed by atoms with Gasteiger partial charge in [0.05, 0.1) is 21.2 Å². The molecule has 4 aromatic rings. The molecule has 4 aromatic carbocycles. The maximum Gasteiger partial charge on any atom is 0.208 e. The number of ether oxygens (including phenoxy) is 1. The van der Waals surface area contributed by atoms with Crippen LogP contribution in [0, 0.1) is 0 Å². The van der Waals surface area contributed by atoms with Crippen LogP contribution >= 0.6 is 11.8 Å². The highest BCUT2D eigenvalue weighted by Crippen LogP contribution is 2.52. The molecule has 0 saturated heterocycles. The molecule has 6 heteroatoms. The Morgan fingerprint density at radius 1 is 0.667 bits per heavy atom. The SMILES string of the molecule is O=S1(=O)c2ccccc2Sc2cc(N3c4ccccc4Oc4ccccc43)ccc21. The van der Waals surface area contributed by atoms with Gasteiger partial charge in [-0.15, -0.1) is 0 Å². The van der Waals surface area contributed by atoms with Gasteiger partial charge in [0.15, 0.2) is 11.5 Å². The highest BCUT2D eigenvalue weighted by molar-refractivity contribution is 8.02. The van der Waals surface area contributed by atoms with Crippen LogP contribution in [0.1, 0.15) is 0 Å². The van der Waals surface area contributed by atoms with Crippen molar-refractivity contribution in [1.82, 2.24) is 0 Å². The van der Waals surface area contributed by atoms with Gasteiger partial charge in [0.2, 0.25) is 9.84 Å². The van der Waals surface area contributed by atoms with Crippen molar-refractivity contribution in [2.45, 2.75) is 19.6 Å². The van der Waals surface area contributed by atoms with E-state index in [-0.39, 0.29) is 0 Å². The summed E-state index contributed by atoms with van der Waals surface area (Å²) in [6.07, 6.45) is 0. The number of benzene rings is 4. The van der Waals surface area contributed by atoms with Crippen LogP contribution < -0.4 is 9.64 Å². The van der Waals surface area contributed by atoms with Crippen molar-refractivity contribution < 1.29 is 13.2 Å². The molecule has 0 aliphatic carbocycles. The van der Waals surface area contributed by atoms with Gasteiger partial charge in [0.1, 0.15) is 0 Å². The molecule has 4 nitrogen and oxygen atoms in total. The highest BCUT2D eigenvalue weighted by atomic mass is 32.2. The molecule has 2 heterocycles. The number of hydrogen-bond acceptors (Lipinski definition) is 5. The first-order valence-corrected chi connectivity index (χ1v) is 11.7. The highest BCUT2D eigenvalue weighted by Gasteiger charge is 2.32. The Kier molecular flexibility index (Phi) is 3.75. The predicted octanol–water partition coefficient (Wildman–Crippen LogP) is 6.56. The molecule has 0 atom stereocenters. The molecule has 0 N–H and O–H groups in total. The summed E-state index contributed by atoms with van der Waals surface area (Å²) in [7, 11) is -3.53. The number of hydrogen-bond donors (Lipinski definition) is 0. The third-order valence-corrected chi connectivity index (χ3v) is 8.53. The summed E-state index contributed by atoms with van der Waals surface area (Å²) in [5.41, 5.74) is 2.72. The molecular weight excluding hydrogens is 414 g/mol. The summed E-state index contributed by atoms with van der Waals surface area (Å²) in [5.74, 6) is 1.53. The topological polar surface area (TPSA) is 46.6 Å². The van der Waals surface area contributed by atoms with Crippen LogP contribution in [0.2, 0.25) is 0 Å². The quantitative estimate of drug-likeness (QED) is 0.296. The van der Waals surface area contributed by atoms with E-state index in [1.54, 1.807) is 18.2 Å². The van der Waals surface area contributed by atoms with Gasteiger partial charge < -0.3 is 9.64 Å². The van der Waals surface area contributed by atoms with Crippen molar-refractivity contribution in [3.8, 4) is 11.5 Å². The average Bonchev–Trinajstić information content (AvgIpc) is 2.77. The Morgan fingerprint density at radius 3 is 2.00 bits per heavy atom. The van der Waals surface area contributed by atoms with Gasteiger partial charge in [0.25, 0.3) is 0 Å². The summed E-state index contributed by atoms with van der Waals surface area (Å²) in [5, 5.41) is 0. The molecule has 0 aromatic heterocycles. The van der Waals surface area contributed by atoms with Crippen LogP contribution in [0.15, 0.2) is 111 Å². The molecule has 30 heavy (non-hydrogen) atoms. The number of fused-ring (bicyclic) bond motifs is 4. The van der Waals surface area contributed by atoms with E-state index in [0.29, 0.717) is 9.79 Å². The molecular formula is C24H15NO3S2. The molecule has 0 fully saturated rings. The number of sulfone groups is 1. The van der Waals surface area contributed by atoms with Crippen molar-refractivity contribution in [3.05, 3.63) is 91.0 Å². The predicted molar refractivity (Wildman–Crippen MR) is 117 cm³/mol. The van der Waals surface area contributed by atoms with Gasteiger partial charge in [-0.2, -0.15) is 0 Å². The Balaban J connectivity index is 1.55. The lowest BCUT2D eigenvalue weighted by Crippen LogP contribution is -2.16. The number of para-hydroxylation sites is 4. The Labute approximate surface area is 178 Å². The molecule has 2 aliphatic rings. The smallest absolute Gasteiger partial charge is 0.208 e.